The molecule has 0 fully saturated rings. The predicted octanol–water partition coefficient (Wildman–Crippen LogP) is 1.94. The third kappa shape index (κ3) is 5.10. The molecule has 0 aliphatic carbocycles. The number of rotatable bonds is 6. The van der Waals surface area contributed by atoms with Crippen LogP contribution in [0, 0.1) is 6.92 Å². The summed E-state index contributed by atoms with van der Waals surface area (Å²) in [4.78, 5) is 19.3. The monoisotopic (exact) mass is 310 g/mol. The smallest absolute Gasteiger partial charge is 0.321 e. The molecule has 0 unspecified atom stereocenters. The average Bonchev–Trinajstić information content (AvgIpc) is 2.85. The molecule has 2 rings (SSSR count). The predicted molar refractivity (Wildman–Crippen MR) is 79.0 cm³/mol. The van der Waals surface area contributed by atoms with Gasteiger partial charge >= 0.3 is 6.03 Å². The molecule has 0 spiro atoms. The second-order valence-corrected chi connectivity index (χ2v) is 6.27. The van der Waals surface area contributed by atoms with E-state index in [4.69, 9.17) is 0 Å². The van der Waals surface area contributed by atoms with Crippen LogP contribution in [0.2, 0.25) is 0 Å². The minimum absolute atomic E-state index is 0.295. The van der Waals surface area contributed by atoms with Gasteiger partial charge in [0.15, 0.2) is 4.34 Å². The fourth-order valence-corrected chi connectivity index (χ4v) is 3.11. The van der Waals surface area contributed by atoms with Gasteiger partial charge in [-0.2, -0.15) is 0 Å². The SMILES string of the molecule is Cc1nnc(SCCCNC(=O)Nc2ncccn2)s1. The topological polar surface area (TPSA) is 92.7 Å². The highest BCUT2D eigenvalue weighted by Crippen LogP contribution is 2.21. The van der Waals surface area contributed by atoms with E-state index in [0.29, 0.717) is 12.5 Å². The lowest BCUT2D eigenvalue weighted by Gasteiger charge is -2.05. The van der Waals surface area contributed by atoms with Gasteiger partial charge in [-0.3, -0.25) is 5.32 Å². The van der Waals surface area contributed by atoms with Crippen molar-refractivity contribution in [2.24, 2.45) is 0 Å². The molecule has 2 heterocycles. The highest BCUT2D eigenvalue weighted by molar-refractivity contribution is 8.01. The van der Waals surface area contributed by atoms with Crippen molar-refractivity contribution in [2.75, 3.05) is 17.6 Å². The molecule has 106 valence electrons. The Bertz CT molecular complexity index is 547. The number of amides is 2. The first kappa shape index (κ1) is 14.7. The van der Waals surface area contributed by atoms with Crippen molar-refractivity contribution in [3.05, 3.63) is 23.5 Å². The van der Waals surface area contributed by atoms with Gasteiger partial charge in [-0.15, -0.1) is 10.2 Å². The third-order valence-electron chi connectivity index (χ3n) is 2.13. The number of aryl methyl sites for hydroxylation is 1. The summed E-state index contributed by atoms with van der Waals surface area (Å²) in [5.74, 6) is 1.18. The van der Waals surface area contributed by atoms with Crippen LogP contribution < -0.4 is 10.6 Å². The molecule has 0 saturated carbocycles. The van der Waals surface area contributed by atoms with Crippen LogP contribution in [0.1, 0.15) is 11.4 Å². The van der Waals surface area contributed by atoms with Crippen LogP contribution in [0.5, 0.6) is 0 Å². The summed E-state index contributed by atoms with van der Waals surface area (Å²) in [5.41, 5.74) is 0. The first-order valence-electron chi connectivity index (χ1n) is 5.99. The van der Waals surface area contributed by atoms with E-state index in [1.807, 2.05) is 6.92 Å². The Kier molecular flexibility index (Phi) is 5.69. The van der Waals surface area contributed by atoms with Crippen LogP contribution in [0.25, 0.3) is 0 Å². The van der Waals surface area contributed by atoms with E-state index in [9.17, 15) is 4.79 Å². The molecule has 0 radical (unpaired) electrons. The molecule has 0 aliphatic heterocycles. The number of urea groups is 1. The number of nitrogens with zero attached hydrogens (tertiary/aromatic N) is 4. The van der Waals surface area contributed by atoms with Gasteiger partial charge in [0.25, 0.3) is 0 Å². The number of nitrogens with one attached hydrogen (secondary N) is 2. The first-order chi connectivity index (χ1) is 9.74. The van der Waals surface area contributed by atoms with Crippen LogP contribution in [-0.4, -0.2) is 38.5 Å². The van der Waals surface area contributed by atoms with Crippen LogP contribution >= 0.6 is 23.1 Å². The van der Waals surface area contributed by atoms with Gasteiger partial charge in [0.1, 0.15) is 5.01 Å². The van der Waals surface area contributed by atoms with Gasteiger partial charge in [-0.1, -0.05) is 23.1 Å². The van der Waals surface area contributed by atoms with E-state index in [-0.39, 0.29) is 6.03 Å². The second kappa shape index (κ2) is 7.75. The zero-order valence-electron chi connectivity index (χ0n) is 10.9. The number of hydrogen-bond donors (Lipinski definition) is 2. The van der Waals surface area contributed by atoms with Crippen LogP contribution in [0.15, 0.2) is 22.8 Å². The molecular formula is C11H14N6OS2. The van der Waals surface area contributed by atoms with E-state index >= 15 is 0 Å². The molecule has 0 bridgehead atoms. The Labute approximate surface area is 124 Å². The Balaban J connectivity index is 1.58. The third-order valence-corrected chi connectivity index (χ3v) is 4.19. The lowest BCUT2D eigenvalue weighted by molar-refractivity contribution is 0.252. The van der Waals surface area contributed by atoms with Crippen molar-refractivity contribution >= 4 is 35.1 Å². The van der Waals surface area contributed by atoms with E-state index in [1.54, 1.807) is 41.6 Å². The highest BCUT2D eigenvalue weighted by atomic mass is 32.2. The maximum atomic E-state index is 11.5. The summed E-state index contributed by atoms with van der Waals surface area (Å²) < 4.78 is 0.963. The van der Waals surface area contributed by atoms with E-state index in [1.165, 1.54) is 0 Å². The molecule has 0 aliphatic rings. The largest absolute Gasteiger partial charge is 0.338 e. The Morgan fingerprint density at radius 3 is 2.85 bits per heavy atom. The Morgan fingerprint density at radius 2 is 2.15 bits per heavy atom. The number of carbonyl (C=O) groups is 1. The lowest BCUT2D eigenvalue weighted by Crippen LogP contribution is -2.30. The van der Waals surface area contributed by atoms with Gasteiger partial charge in [0.2, 0.25) is 5.95 Å². The standard InChI is InChI=1S/C11H14N6OS2/c1-8-16-17-11(20-8)19-7-3-6-14-10(18)15-9-12-4-2-5-13-9/h2,4-5H,3,6-7H2,1H3,(H2,12,13,14,15,18). The summed E-state index contributed by atoms with van der Waals surface area (Å²) in [6, 6.07) is 1.39. The molecule has 2 aromatic heterocycles. The number of anilines is 1. The van der Waals surface area contributed by atoms with Crippen molar-refractivity contribution in [1.29, 1.82) is 0 Å². The minimum Gasteiger partial charge on any atom is -0.338 e. The van der Waals surface area contributed by atoms with Gasteiger partial charge < -0.3 is 5.32 Å². The van der Waals surface area contributed by atoms with Gasteiger partial charge in [0.05, 0.1) is 0 Å². The van der Waals surface area contributed by atoms with Crippen LogP contribution in [0.4, 0.5) is 10.7 Å². The van der Waals surface area contributed by atoms with Crippen molar-refractivity contribution in [2.45, 2.75) is 17.7 Å². The molecular weight excluding hydrogens is 296 g/mol. The van der Waals surface area contributed by atoms with E-state index < -0.39 is 0 Å². The molecule has 0 atom stereocenters. The zero-order valence-corrected chi connectivity index (χ0v) is 12.5. The van der Waals surface area contributed by atoms with Crippen molar-refractivity contribution in [1.82, 2.24) is 25.5 Å². The maximum Gasteiger partial charge on any atom is 0.321 e. The van der Waals surface area contributed by atoms with Crippen molar-refractivity contribution < 1.29 is 4.79 Å². The number of aromatic nitrogens is 4. The first-order valence-corrected chi connectivity index (χ1v) is 7.79. The number of thioether (sulfide) groups is 1. The van der Waals surface area contributed by atoms with Crippen molar-refractivity contribution in [3.63, 3.8) is 0 Å². The Morgan fingerprint density at radius 1 is 1.35 bits per heavy atom. The molecule has 20 heavy (non-hydrogen) atoms. The molecule has 2 amide bonds. The molecule has 7 nitrogen and oxygen atoms in total. The summed E-state index contributed by atoms with van der Waals surface area (Å²) in [7, 11) is 0. The molecule has 2 N–H and O–H groups in total. The normalized spacial score (nSPS) is 10.2. The van der Waals surface area contributed by atoms with Crippen molar-refractivity contribution in [3.8, 4) is 0 Å². The maximum absolute atomic E-state index is 11.5. The average molecular weight is 310 g/mol. The second-order valence-electron chi connectivity index (χ2n) is 3.74. The number of carbonyl (C=O) groups excluding carboxylic acids is 1. The minimum atomic E-state index is -0.298. The highest BCUT2D eigenvalue weighted by Gasteiger charge is 2.03. The van der Waals surface area contributed by atoms with Crippen LogP contribution in [-0.2, 0) is 0 Å². The molecule has 2 aromatic rings. The quantitative estimate of drug-likeness (QED) is 0.625. The fourth-order valence-electron chi connectivity index (χ4n) is 1.28. The summed E-state index contributed by atoms with van der Waals surface area (Å²) in [6.07, 6.45) is 4.00. The number of hydrogen-bond acceptors (Lipinski definition) is 7. The van der Waals surface area contributed by atoms with E-state index in [0.717, 1.165) is 21.5 Å². The fraction of sp³-hybridized carbons (Fsp3) is 0.364. The van der Waals surface area contributed by atoms with Crippen LogP contribution in [0.3, 0.4) is 0 Å². The molecule has 0 aromatic carbocycles. The van der Waals surface area contributed by atoms with Gasteiger partial charge in [-0.05, 0) is 19.4 Å². The zero-order chi connectivity index (χ0) is 14.2. The van der Waals surface area contributed by atoms with Gasteiger partial charge in [-0.25, -0.2) is 14.8 Å². The lowest BCUT2D eigenvalue weighted by atomic mass is 10.5. The van der Waals surface area contributed by atoms with E-state index in [2.05, 4.69) is 30.8 Å². The summed E-state index contributed by atoms with van der Waals surface area (Å²) in [5, 5.41) is 14.2. The molecule has 9 heteroatoms. The van der Waals surface area contributed by atoms with Gasteiger partial charge in [0, 0.05) is 24.7 Å². The summed E-state index contributed by atoms with van der Waals surface area (Å²) in [6.45, 7) is 2.52. The molecule has 0 saturated heterocycles. The Hall–Kier alpha value is -1.74. The summed E-state index contributed by atoms with van der Waals surface area (Å²) >= 11 is 3.22.